The Morgan fingerprint density at radius 1 is 1.22 bits per heavy atom. The largest absolute Gasteiger partial charge is 0.463 e. The first-order valence-electron chi connectivity index (χ1n) is 7.22. The second-order valence-corrected chi connectivity index (χ2v) is 6.08. The van der Waals surface area contributed by atoms with Gasteiger partial charge in [0.15, 0.2) is 5.60 Å². The molecule has 102 valence electrons. The molecule has 0 spiro atoms. The van der Waals surface area contributed by atoms with Gasteiger partial charge in [0.2, 0.25) is 0 Å². The lowest BCUT2D eigenvalue weighted by Crippen LogP contribution is -2.42. The molecular formula is C14H22O4. The Labute approximate surface area is 108 Å². The van der Waals surface area contributed by atoms with Crippen molar-refractivity contribution in [2.45, 2.75) is 69.2 Å². The molecule has 0 aromatic rings. The molecule has 2 aliphatic carbocycles. The lowest BCUT2D eigenvalue weighted by atomic mass is 9.85. The number of aliphatic hydroxyl groups is 1. The van der Waals surface area contributed by atoms with E-state index in [1.807, 2.05) is 0 Å². The summed E-state index contributed by atoms with van der Waals surface area (Å²) in [4.78, 5) is 12.0. The molecule has 3 rings (SSSR count). The van der Waals surface area contributed by atoms with Gasteiger partial charge in [-0.3, -0.25) is 0 Å². The van der Waals surface area contributed by atoms with Crippen molar-refractivity contribution in [3.63, 3.8) is 0 Å². The van der Waals surface area contributed by atoms with Gasteiger partial charge in [0, 0.05) is 0 Å². The van der Waals surface area contributed by atoms with Gasteiger partial charge < -0.3 is 14.6 Å². The molecule has 3 fully saturated rings. The standard InChI is InChI=1S/C14H22O4/c15-13(14(16)6-2-1-3-7-14)17-9-10-4-5-11-12(8-10)18-11/h10-12,16H,1-9H2. The van der Waals surface area contributed by atoms with Crippen molar-refractivity contribution >= 4 is 5.97 Å². The Kier molecular flexibility index (Phi) is 3.32. The van der Waals surface area contributed by atoms with Crippen molar-refractivity contribution in [2.24, 2.45) is 5.92 Å². The zero-order chi connectivity index (χ0) is 12.6. The molecule has 0 radical (unpaired) electrons. The Morgan fingerprint density at radius 2 is 2.00 bits per heavy atom. The Hall–Kier alpha value is -0.610. The fourth-order valence-electron chi connectivity index (χ4n) is 3.31. The summed E-state index contributed by atoms with van der Waals surface area (Å²) in [6, 6.07) is 0. The van der Waals surface area contributed by atoms with Gasteiger partial charge in [-0.1, -0.05) is 6.42 Å². The molecule has 1 N–H and O–H groups in total. The van der Waals surface area contributed by atoms with E-state index in [0.29, 0.717) is 37.6 Å². The summed E-state index contributed by atoms with van der Waals surface area (Å²) in [6.07, 6.45) is 8.16. The molecule has 3 aliphatic rings. The van der Waals surface area contributed by atoms with Gasteiger partial charge in [0.05, 0.1) is 18.8 Å². The fourth-order valence-corrected chi connectivity index (χ4v) is 3.31. The van der Waals surface area contributed by atoms with E-state index in [1.54, 1.807) is 0 Å². The summed E-state index contributed by atoms with van der Waals surface area (Å²) in [5.41, 5.74) is -1.20. The average Bonchev–Trinajstić information content (AvgIpc) is 3.15. The van der Waals surface area contributed by atoms with Crippen molar-refractivity contribution in [2.75, 3.05) is 6.61 Å². The molecule has 1 aliphatic heterocycles. The molecule has 4 nitrogen and oxygen atoms in total. The average molecular weight is 254 g/mol. The maximum atomic E-state index is 12.0. The number of carbonyl (C=O) groups excluding carboxylic acids is 1. The van der Waals surface area contributed by atoms with Crippen LogP contribution in [0, 0.1) is 5.92 Å². The summed E-state index contributed by atoms with van der Waals surface area (Å²) in [5, 5.41) is 10.2. The van der Waals surface area contributed by atoms with Crippen molar-refractivity contribution in [3.8, 4) is 0 Å². The van der Waals surface area contributed by atoms with Crippen LogP contribution in [0.25, 0.3) is 0 Å². The van der Waals surface area contributed by atoms with E-state index in [9.17, 15) is 9.90 Å². The molecule has 3 atom stereocenters. The monoisotopic (exact) mass is 254 g/mol. The summed E-state index contributed by atoms with van der Waals surface area (Å²) >= 11 is 0. The second kappa shape index (κ2) is 4.82. The maximum absolute atomic E-state index is 12.0. The highest BCUT2D eigenvalue weighted by Gasteiger charge is 2.44. The van der Waals surface area contributed by atoms with Crippen LogP contribution in [-0.4, -0.2) is 35.5 Å². The normalized spacial score (nSPS) is 37.7. The number of ether oxygens (including phenoxy) is 2. The molecule has 4 heteroatoms. The molecule has 3 unspecified atom stereocenters. The minimum absolute atomic E-state index is 0.402. The summed E-state index contributed by atoms with van der Waals surface area (Å²) in [6.45, 7) is 0.452. The molecule has 18 heavy (non-hydrogen) atoms. The van der Waals surface area contributed by atoms with Crippen molar-refractivity contribution in [1.82, 2.24) is 0 Å². The smallest absolute Gasteiger partial charge is 0.338 e. The van der Waals surface area contributed by atoms with Crippen LogP contribution in [0.4, 0.5) is 0 Å². The van der Waals surface area contributed by atoms with E-state index in [4.69, 9.17) is 9.47 Å². The van der Waals surface area contributed by atoms with Crippen LogP contribution in [0.5, 0.6) is 0 Å². The van der Waals surface area contributed by atoms with Gasteiger partial charge >= 0.3 is 5.97 Å². The molecular weight excluding hydrogens is 232 g/mol. The zero-order valence-electron chi connectivity index (χ0n) is 10.8. The first kappa shape index (κ1) is 12.4. The topological polar surface area (TPSA) is 59.1 Å². The number of hydrogen-bond donors (Lipinski definition) is 1. The third kappa shape index (κ3) is 2.54. The maximum Gasteiger partial charge on any atom is 0.338 e. The number of carbonyl (C=O) groups is 1. The predicted molar refractivity (Wildman–Crippen MR) is 65.0 cm³/mol. The van der Waals surface area contributed by atoms with Crippen molar-refractivity contribution < 1.29 is 19.4 Å². The van der Waals surface area contributed by atoms with Gasteiger partial charge in [-0.15, -0.1) is 0 Å². The third-order valence-electron chi connectivity index (χ3n) is 4.62. The van der Waals surface area contributed by atoms with E-state index in [1.165, 1.54) is 0 Å². The number of epoxide rings is 1. The van der Waals surface area contributed by atoms with E-state index in [2.05, 4.69) is 0 Å². The van der Waals surface area contributed by atoms with E-state index < -0.39 is 11.6 Å². The van der Waals surface area contributed by atoms with Crippen LogP contribution in [0.1, 0.15) is 51.4 Å². The predicted octanol–water partition coefficient (Wildman–Crippen LogP) is 1.79. The summed E-state index contributed by atoms with van der Waals surface area (Å²) in [5.74, 6) is 0.0194. The molecule has 1 heterocycles. The molecule has 0 bridgehead atoms. The highest BCUT2D eigenvalue weighted by Crippen LogP contribution is 2.39. The second-order valence-electron chi connectivity index (χ2n) is 6.08. The van der Waals surface area contributed by atoms with Crippen LogP contribution >= 0.6 is 0 Å². The quantitative estimate of drug-likeness (QED) is 0.616. The highest BCUT2D eigenvalue weighted by atomic mass is 16.6. The molecule has 0 aromatic carbocycles. The summed E-state index contributed by atoms with van der Waals surface area (Å²) in [7, 11) is 0. The van der Waals surface area contributed by atoms with Gasteiger partial charge in [-0.2, -0.15) is 0 Å². The van der Waals surface area contributed by atoms with Crippen LogP contribution in [0.15, 0.2) is 0 Å². The van der Waals surface area contributed by atoms with Crippen LogP contribution < -0.4 is 0 Å². The van der Waals surface area contributed by atoms with Gasteiger partial charge in [0.25, 0.3) is 0 Å². The molecule has 0 amide bonds. The fraction of sp³-hybridized carbons (Fsp3) is 0.929. The molecule has 0 aromatic heterocycles. The molecule has 2 saturated carbocycles. The van der Waals surface area contributed by atoms with Gasteiger partial charge in [-0.25, -0.2) is 4.79 Å². The SMILES string of the molecule is O=C(OCC1CCC2OC2C1)C1(O)CCCCC1. The van der Waals surface area contributed by atoms with Crippen LogP contribution in [-0.2, 0) is 14.3 Å². The number of fused-ring (bicyclic) bond motifs is 1. The first-order valence-corrected chi connectivity index (χ1v) is 7.22. The minimum atomic E-state index is -1.20. The Bertz CT molecular complexity index is 322. The summed E-state index contributed by atoms with van der Waals surface area (Å²) < 4.78 is 10.8. The van der Waals surface area contributed by atoms with E-state index in [-0.39, 0.29) is 0 Å². The number of esters is 1. The van der Waals surface area contributed by atoms with E-state index in [0.717, 1.165) is 38.5 Å². The zero-order valence-corrected chi connectivity index (χ0v) is 10.8. The van der Waals surface area contributed by atoms with Crippen LogP contribution in [0.3, 0.4) is 0 Å². The Morgan fingerprint density at radius 3 is 2.72 bits per heavy atom. The first-order chi connectivity index (χ1) is 8.67. The van der Waals surface area contributed by atoms with Crippen molar-refractivity contribution in [3.05, 3.63) is 0 Å². The van der Waals surface area contributed by atoms with Crippen molar-refractivity contribution in [1.29, 1.82) is 0 Å². The third-order valence-corrected chi connectivity index (χ3v) is 4.62. The van der Waals surface area contributed by atoms with Gasteiger partial charge in [0.1, 0.15) is 0 Å². The number of hydrogen-bond acceptors (Lipinski definition) is 4. The minimum Gasteiger partial charge on any atom is -0.463 e. The molecule has 1 saturated heterocycles. The van der Waals surface area contributed by atoms with E-state index >= 15 is 0 Å². The lowest BCUT2D eigenvalue weighted by Gasteiger charge is -2.30. The van der Waals surface area contributed by atoms with Crippen LogP contribution in [0.2, 0.25) is 0 Å². The van der Waals surface area contributed by atoms with Gasteiger partial charge in [-0.05, 0) is 50.9 Å². The lowest BCUT2D eigenvalue weighted by molar-refractivity contribution is -0.170. The Balaban J connectivity index is 1.45. The highest BCUT2D eigenvalue weighted by molar-refractivity contribution is 5.79. The number of rotatable bonds is 3.